The van der Waals surface area contributed by atoms with Gasteiger partial charge in [0.05, 0.1) is 11.4 Å². The minimum absolute atomic E-state index is 0.0882. The minimum Gasteiger partial charge on any atom is -0.352 e. The molecule has 1 amide bonds. The maximum absolute atomic E-state index is 11.9. The van der Waals surface area contributed by atoms with E-state index in [4.69, 9.17) is 35.2 Å². The number of hydrogen-bond donors (Lipinski definition) is 2. The zero-order chi connectivity index (χ0) is 22.7. The zero-order valence-electron chi connectivity index (χ0n) is 17.3. The zero-order valence-corrected chi connectivity index (χ0v) is 18.8. The second kappa shape index (κ2) is 9.47. The van der Waals surface area contributed by atoms with Gasteiger partial charge in [0, 0.05) is 39.5 Å². The molecule has 1 heterocycles. The highest BCUT2D eigenvalue weighted by atomic mass is 35.5. The van der Waals surface area contributed by atoms with Gasteiger partial charge in [0.15, 0.2) is 0 Å². The van der Waals surface area contributed by atoms with Gasteiger partial charge in [-0.05, 0) is 68.4 Å². The molecule has 0 saturated carbocycles. The lowest BCUT2D eigenvalue weighted by atomic mass is 10.1. The summed E-state index contributed by atoms with van der Waals surface area (Å²) in [7, 11) is 0. The number of aryl methyl sites for hydroxylation is 1. The number of carbonyl (C=O) groups excluding carboxylic acids is 1. The molecule has 3 aromatic carbocycles. The first kappa shape index (κ1) is 21.9. The van der Waals surface area contributed by atoms with E-state index in [-0.39, 0.29) is 12.5 Å². The average Bonchev–Trinajstić information content (AvgIpc) is 3.18. The fraction of sp³-hybridized carbons (Fsp3) is 0.0800. The Morgan fingerprint density at radius 1 is 0.969 bits per heavy atom. The number of aromatic nitrogens is 2. The molecule has 4 rings (SSSR count). The summed E-state index contributed by atoms with van der Waals surface area (Å²) in [5, 5.41) is 11.8. The number of carbonyl (C=O) groups is 1. The van der Waals surface area contributed by atoms with E-state index in [2.05, 4.69) is 10.6 Å². The van der Waals surface area contributed by atoms with E-state index in [1.54, 1.807) is 18.2 Å². The Hall–Kier alpha value is -3.28. The number of halogens is 2. The van der Waals surface area contributed by atoms with Crippen molar-refractivity contribution in [3.05, 3.63) is 101 Å². The Kier molecular flexibility index (Phi) is 6.49. The molecule has 5 nitrogen and oxygen atoms in total. The van der Waals surface area contributed by atoms with Crippen molar-refractivity contribution >= 4 is 40.6 Å². The van der Waals surface area contributed by atoms with E-state index in [1.165, 1.54) is 0 Å². The quantitative estimate of drug-likeness (QED) is 0.351. The SMILES string of the molecule is [CH]CNC(=O)c1ccc(Nc2cc(-c3cc(Cl)cc(Cl)c3)nn2-c2ccc(C)cc2)cc1. The molecule has 0 aliphatic heterocycles. The molecule has 0 unspecified atom stereocenters. The Labute approximate surface area is 197 Å². The van der Waals surface area contributed by atoms with E-state index >= 15 is 0 Å². The molecule has 2 radical (unpaired) electrons. The molecule has 7 heteroatoms. The Bertz CT molecular complexity index is 1230. The summed E-state index contributed by atoms with van der Waals surface area (Å²) >= 11 is 12.4. The van der Waals surface area contributed by atoms with Crippen LogP contribution in [0.4, 0.5) is 11.5 Å². The molecule has 0 bridgehead atoms. The molecule has 0 fully saturated rings. The van der Waals surface area contributed by atoms with Crippen molar-refractivity contribution in [2.75, 3.05) is 11.9 Å². The molecule has 0 atom stereocenters. The van der Waals surface area contributed by atoms with Crippen molar-refractivity contribution in [3.63, 3.8) is 0 Å². The second-order valence-corrected chi connectivity index (χ2v) is 8.11. The van der Waals surface area contributed by atoms with Crippen molar-refractivity contribution in [3.8, 4) is 16.9 Å². The number of nitrogens with one attached hydrogen (secondary N) is 2. The summed E-state index contributed by atoms with van der Waals surface area (Å²) in [5.74, 6) is 0.531. The van der Waals surface area contributed by atoms with Crippen molar-refractivity contribution in [2.45, 2.75) is 6.92 Å². The molecule has 0 saturated heterocycles. The van der Waals surface area contributed by atoms with Gasteiger partial charge < -0.3 is 10.6 Å². The van der Waals surface area contributed by atoms with Crippen LogP contribution in [0.1, 0.15) is 15.9 Å². The summed E-state index contributed by atoms with van der Waals surface area (Å²) in [4.78, 5) is 11.9. The van der Waals surface area contributed by atoms with Crippen molar-refractivity contribution in [1.82, 2.24) is 15.1 Å². The van der Waals surface area contributed by atoms with Crippen LogP contribution < -0.4 is 10.6 Å². The van der Waals surface area contributed by atoms with Gasteiger partial charge in [-0.1, -0.05) is 40.9 Å². The van der Waals surface area contributed by atoms with E-state index in [0.717, 1.165) is 34.0 Å². The van der Waals surface area contributed by atoms with Crippen molar-refractivity contribution in [1.29, 1.82) is 0 Å². The minimum atomic E-state index is -0.219. The lowest BCUT2D eigenvalue weighted by Crippen LogP contribution is -2.22. The molecule has 4 aromatic rings. The molecular weight excluding hydrogens is 443 g/mol. The van der Waals surface area contributed by atoms with Crippen molar-refractivity contribution in [2.24, 2.45) is 0 Å². The molecule has 160 valence electrons. The first-order chi connectivity index (χ1) is 15.4. The number of hydrogen-bond acceptors (Lipinski definition) is 3. The van der Waals surface area contributed by atoms with Crippen LogP contribution in [0.15, 0.2) is 72.8 Å². The third-order valence-corrected chi connectivity index (χ3v) is 5.26. The van der Waals surface area contributed by atoms with Gasteiger partial charge in [-0.3, -0.25) is 4.79 Å². The Morgan fingerprint density at radius 3 is 2.25 bits per heavy atom. The molecule has 32 heavy (non-hydrogen) atoms. The normalized spacial score (nSPS) is 10.8. The predicted octanol–water partition coefficient (Wildman–Crippen LogP) is 6.34. The largest absolute Gasteiger partial charge is 0.352 e. The molecule has 0 spiro atoms. The Morgan fingerprint density at radius 2 is 1.62 bits per heavy atom. The monoisotopic (exact) mass is 462 g/mol. The van der Waals surface area contributed by atoms with Crippen LogP contribution in [0.25, 0.3) is 16.9 Å². The summed E-state index contributed by atoms with van der Waals surface area (Å²) in [5.41, 5.74) is 4.92. The molecule has 0 aliphatic carbocycles. The van der Waals surface area contributed by atoms with Gasteiger partial charge in [-0.15, -0.1) is 0 Å². The fourth-order valence-corrected chi connectivity index (χ4v) is 3.77. The number of anilines is 2. The van der Waals surface area contributed by atoms with E-state index in [0.29, 0.717) is 15.6 Å². The van der Waals surface area contributed by atoms with Crippen molar-refractivity contribution < 1.29 is 4.79 Å². The van der Waals surface area contributed by atoms with Crippen LogP contribution in [0.2, 0.25) is 10.0 Å². The second-order valence-electron chi connectivity index (χ2n) is 7.23. The molecule has 0 aliphatic rings. The smallest absolute Gasteiger partial charge is 0.251 e. The van der Waals surface area contributed by atoms with E-state index in [1.807, 2.05) is 66.2 Å². The van der Waals surface area contributed by atoms with Crippen LogP contribution >= 0.6 is 23.2 Å². The highest BCUT2D eigenvalue weighted by molar-refractivity contribution is 6.35. The summed E-state index contributed by atoms with van der Waals surface area (Å²) in [6.07, 6.45) is 0. The number of amides is 1. The maximum Gasteiger partial charge on any atom is 0.251 e. The van der Waals surface area contributed by atoms with Gasteiger partial charge in [0.2, 0.25) is 0 Å². The fourth-order valence-electron chi connectivity index (χ4n) is 3.24. The first-order valence-electron chi connectivity index (χ1n) is 9.92. The summed E-state index contributed by atoms with van der Waals surface area (Å²) in [6.45, 7) is 7.50. The van der Waals surface area contributed by atoms with E-state index < -0.39 is 0 Å². The lowest BCUT2D eigenvalue weighted by Gasteiger charge is -2.11. The number of nitrogens with zero attached hydrogens (tertiary/aromatic N) is 2. The molecule has 2 N–H and O–H groups in total. The van der Waals surface area contributed by atoms with Gasteiger partial charge in [0.1, 0.15) is 5.82 Å². The Balaban J connectivity index is 1.72. The highest BCUT2D eigenvalue weighted by Crippen LogP contribution is 2.31. The van der Waals surface area contributed by atoms with Crippen LogP contribution in [-0.4, -0.2) is 22.2 Å². The average molecular weight is 463 g/mol. The topological polar surface area (TPSA) is 59.0 Å². The number of benzene rings is 3. The molecular formula is C25H20Cl2N4O. The van der Waals surface area contributed by atoms with Crippen LogP contribution in [0, 0.1) is 13.8 Å². The van der Waals surface area contributed by atoms with Crippen LogP contribution in [0.3, 0.4) is 0 Å². The van der Waals surface area contributed by atoms with E-state index in [9.17, 15) is 4.79 Å². The van der Waals surface area contributed by atoms with Gasteiger partial charge >= 0.3 is 0 Å². The lowest BCUT2D eigenvalue weighted by molar-refractivity contribution is 0.0958. The third-order valence-electron chi connectivity index (χ3n) is 4.83. The molecule has 1 aromatic heterocycles. The first-order valence-corrected chi connectivity index (χ1v) is 10.7. The maximum atomic E-state index is 11.9. The standard InChI is InChI=1S/C25H20Cl2N4O/c1-3-28-25(32)17-6-8-21(9-7-17)29-24-15-23(18-12-19(26)14-20(27)13-18)30-31(24)22-10-4-16(2)5-11-22/h1,4-15,29H,3H2,2H3,(H,28,32). The van der Waals surface area contributed by atoms with Crippen LogP contribution in [0.5, 0.6) is 0 Å². The highest BCUT2D eigenvalue weighted by Gasteiger charge is 2.13. The summed E-state index contributed by atoms with van der Waals surface area (Å²) < 4.78 is 1.82. The predicted molar refractivity (Wildman–Crippen MR) is 130 cm³/mol. The van der Waals surface area contributed by atoms with Gasteiger partial charge in [-0.2, -0.15) is 5.10 Å². The third kappa shape index (κ3) is 4.96. The van der Waals surface area contributed by atoms with Crippen LogP contribution in [-0.2, 0) is 0 Å². The number of rotatable bonds is 6. The van der Waals surface area contributed by atoms with Gasteiger partial charge in [-0.25, -0.2) is 4.68 Å². The summed E-state index contributed by atoms with van der Waals surface area (Å²) in [6, 6.07) is 22.4. The van der Waals surface area contributed by atoms with Gasteiger partial charge in [0.25, 0.3) is 5.91 Å².